The minimum Gasteiger partial charge on any atom is -0.368 e. The van der Waals surface area contributed by atoms with Crippen LogP contribution >= 0.6 is 0 Å². The molecule has 1 N–H and O–H groups in total. The molecule has 1 heterocycles. The Bertz CT molecular complexity index is 800. The minimum atomic E-state index is -0.551. The van der Waals surface area contributed by atoms with Gasteiger partial charge in [0, 0.05) is 0 Å². The molecule has 2 aromatic carbocycles. The molecule has 0 aliphatic carbocycles. The molecule has 27 heavy (non-hydrogen) atoms. The Labute approximate surface area is 160 Å². The van der Waals surface area contributed by atoms with E-state index in [2.05, 4.69) is 43.4 Å². The molecular weight excluding hydrogens is 338 g/mol. The van der Waals surface area contributed by atoms with E-state index in [1.165, 1.54) is 0 Å². The number of rotatable bonds is 6. The fraction of sp³-hybridized carbons (Fsp3) is 0.391. The van der Waals surface area contributed by atoms with Crippen LogP contribution in [0.25, 0.3) is 11.1 Å². The molecule has 4 heteroatoms. The summed E-state index contributed by atoms with van der Waals surface area (Å²) in [5.41, 5.74) is 3.18. The third kappa shape index (κ3) is 4.64. The molecule has 3 atom stereocenters. The molecule has 1 aliphatic heterocycles. The number of nitrogens with one attached hydrogen (secondary N) is 1. The van der Waals surface area contributed by atoms with Crippen LogP contribution in [0.3, 0.4) is 0 Å². The Balaban J connectivity index is 1.86. The summed E-state index contributed by atoms with van der Waals surface area (Å²) in [6.45, 7) is 6.11. The zero-order valence-corrected chi connectivity index (χ0v) is 16.1. The Morgan fingerprint density at radius 1 is 1.11 bits per heavy atom. The molecule has 1 unspecified atom stereocenters. The first-order chi connectivity index (χ1) is 13.0. The normalized spacial score (nSPS) is 20.7. The summed E-state index contributed by atoms with van der Waals surface area (Å²) in [7, 11) is 0. The zero-order valence-electron chi connectivity index (χ0n) is 16.1. The van der Waals surface area contributed by atoms with E-state index in [-0.39, 0.29) is 30.3 Å². The van der Waals surface area contributed by atoms with Crippen LogP contribution in [-0.4, -0.2) is 30.4 Å². The molecule has 1 fully saturated rings. The van der Waals surface area contributed by atoms with E-state index in [4.69, 9.17) is 4.74 Å². The number of carbonyl (C=O) groups excluding carboxylic acids is 2. The zero-order chi connectivity index (χ0) is 19.4. The topological polar surface area (TPSA) is 55.4 Å². The van der Waals surface area contributed by atoms with Gasteiger partial charge in [-0.15, -0.1) is 0 Å². The van der Waals surface area contributed by atoms with Crippen molar-refractivity contribution < 1.29 is 14.3 Å². The van der Waals surface area contributed by atoms with Crippen LogP contribution in [0.5, 0.6) is 0 Å². The van der Waals surface area contributed by atoms with E-state index < -0.39 is 6.04 Å². The van der Waals surface area contributed by atoms with Gasteiger partial charge >= 0.3 is 0 Å². The van der Waals surface area contributed by atoms with Crippen molar-refractivity contribution in [3.8, 4) is 11.1 Å². The van der Waals surface area contributed by atoms with Gasteiger partial charge in [0.2, 0.25) is 5.91 Å². The van der Waals surface area contributed by atoms with Crippen molar-refractivity contribution in [1.29, 1.82) is 0 Å². The van der Waals surface area contributed by atoms with Gasteiger partial charge in [0.05, 0.1) is 12.0 Å². The Morgan fingerprint density at radius 3 is 2.44 bits per heavy atom. The molecule has 142 valence electrons. The van der Waals surface area contributed by atoms with Crippen LogP contribution in [-0.2, 0) is 14.3 Å². The second-order valence-electron chi connectivity index (χ2n) is 7.64. The van der Waals surface area contributed by atoms with E-state index in [1.54, 1.807) is 0 Å². The van der Waals surface area contributed by atoms with Crippen LogP contribution in [0.4, 0.5) is 0 Å². The average Bonchev–Trinajstić information content (AvgIpc) is 2.98. The fourth-order valence-electron chi connectivity index (χ4n) is 3.54. The summed E-state index contributed by atoms with van der Waals surface area (Å²) in [4.78, 5) is 25.1. The Morgan fingerprint density at radius 2 is 1.81 bits per heavy atom. The number of hydrogen-bond acceptors (Lipinski definition) is 3. The van der Waals surface area contributed by atoms with E-state index in [1.807, 2.05) is 37.3 Å². The molecular formula is C23H27NO3. The highest BCUT2D eigenvalue weighted by atomic mass is 16.5. The van der Waals surface area contributed by atoms with Gasteiger partial charge in [-0.25, -0.2) is 0 Å². The largest absolute Gasteiger partial charge is 0.368 e. The molecule has 2 aromatic rings. The van der Waals surface area contributed by atoms with Gasteiger partial charge in [-0.3, -0.25) is 9.59 Å². The number of hydrogen-bond donors (Lipinski definition) is 1. The van der Waals surface area contributed by atoms with Gasteiger partial charge in [0.15, 0.2) is 5.78 Å². The van der Waals surface area contributed by atoms with Gasteiger partial charge in [-0.05, 0) is 36.0 Å². The van der Waals surface area contributed by atoms with E-state index in [9.17, 15) is 9.59 Å². The van der Waals surface area contributed by atoms with Crippen molar-refractivity contribution in [2.75, 3.05) is 6.61 Å². The smallest absolute Gasteiger partial charge is 0.228 e. The number of amides is 1. The van der Waals surface area contributed by atoms with E-state index in [0.717, 1.165) is 23.1 Å². The molecule has 0 aromatic heterocycles. The number of ether oxygens (including phenoxy) is 1. The van der Waals surface area contributed by atoms with Gasteiger partial charge < -0.3 is 10.1 Å². The summed E-state index contributed by atoms with van der Waals surface area (Å²) < 4.78 is 5.36. The SMILES string of the molecule is CC(C)CC(C(=O)N[C@@H]1C(=O)CO[C@H]1C)c1cccc(-c2ccccc2)c1. The second kappa shape index (κ2) is 8.49. The fourth-order valence-corrected chi connectivity index (χ4v) is 3.54. The third-order valence-corrected chi connectivity index (χ3v) is 5.02. The Hall–Kier alpha value is -2.46. The molecule has 0 bridgehead atoms. The number of benzene rings is 2. The predicted octanol–water partition coefficient (Wildman–Crippen LogP) is 3.96. The molecule has 3 rings (SSSR count). The maximum Gasteiger partial charge on any atom is 0.228 e. The highest BCUT2D eigenvalue weighted by molar-refractivity contribution is 5.93. The lowest BCUT2D eigenvalue weighted by molar-refractivity contribution is -0.127. The van der Waals surface area contributed by atoms with Crippen molar-refractivity contribution in [2.45, 2.75) is 45.3 Å². The first-order valence-electron chi connectivity index (χ1n) is 9.55. The summed E-state index contributed by atoms with van der Waals surface area (Å²) in [5.74, 6) is -0.106. The summed E-state index contributed by atoms with van der Waals surface area (Å²) in [5, 5.41) is 2.93. The summed E-state index contributed by atoms with van der Waals surface area (Å²) in [6.07, 6.45) is 0.442. The standard InChI is InChI=1S/C23H27NO3/c1-15(2)12-20(23(26)24-22-16(3)27-14-21(22)25)19-11-7-10-18(13-19)17-8-5-4-6-9-17/h4-11,13,15-16,20,22H,12,14H2,1-3H3,(H,24,26)/t16-,20?,22-/m0/s1. The number of Topliss-reactive ketones (excluding diaryl/α,β-unsaturated/α-hetero) is 1. The maximum atomic E-state index is 13.1. The van der Waals surface area contributed by atoms with Crippen LogP contribution in [0, 0.1) is 5.92 Å². The number of carbonyl (C=O) groups is 2. The van der Waals surface area contributed by atoms with Crippen LogP contribution < -0.4 is 5.32 Å². The van der Waals surface area contributed by atoms with Crippen molar-refractivity contribution >= 4 is 11.7 Å². The van der Waals surface area contributed by atoms with Gasteiger partial charge in [-0.1, -0.05) is 68.4 Å². The van der Waals surface area contributed by atoms with Crippen molar-refractivity contribution in [3.63, 3.8) is 0 Å². The molecule has 0 spiro atoms. The van der Waals surface area contributed by atoms with Gasteiger partial charge in [-0.2, -0.15) is 0 Å². The molecule has 4 nitrogen and oxygen atoms in total. The predicted molar refractivity (Wildman–Crippen MR) is 106 cm³/mol. The van der Waals surface area contributed by atoms with Crippen LogP contribution in [0.2, 0.25) is 0 Å². The Kier molecular flexibility index (Phi) is 6.07. The second-order valence-corrected chi connectivity index (χ2v) is 7.64. The van der Waals surface area contributed by atoms with Gasteiger partial charge in [0.25, 0.3) is 0 Å². The summed E-state index contributed by atoms with van der Waals surface area (Å²) in [6, 6.07) is 17.7. The van der Waals surface area contributed by atoms with E-state index >= 15 is 0 Å². The lowest BCUT2D eigenvalue weighted by Crippen LogP contribution is -2.45. The molecule has 1 amide bonds. The van der Waals surface area contributed by atoms with E-state index in [0.29, 0.717) is 5.92 Å². The average molecular weight is 365 g/mol. The quantitative estimate of drug-likeness (QED) is 0.843. The molecule has 1 saturated heterocycles. The molecule has 0 saturated carbocycles. The summed E-state index contributed by atoms with van der Waals surface area (Å²) >= 11 is 0. The van der Waals surface area contributed by atoms with Crippen molar-refractivity contribution in [3.05, 3.63) is 60.2 Å². The monoisotopic (exact) mass is 365 g/mol. The number of ketones is 1. The van der Waals surface area contributed by atoms with Crippen molar-refractivity contribution in [2.24, 2.45) is 5.92 Å². The van der Waals surface area contributed by atoms with Crippen LogP contribution in [0.1, 0.15) is 38.7 Å². The first kappa shape index (κ1) is 19.3. The lowest BCUT2D eigenvalue weighted by atomic mass is 9.87. The maximum absolute atomic E-state index is 13.1. The highest BCUT2D eigenvalue weighted by Gasteiger charge is 2.35. The third-order valence-electron chi connectivity index (χ3n) is 5.02. The van der Waals surface area contributed by atoms with Crippen LogP contribution in [0.15, 0.2) is 54.6 Å². The molecule has 1 aliphatic rings. The minimum absolute atomic E-state index is 0.0582. The first-order valence-corrected chi connectivity index (χ1v) is 9.55. The van der Waals surface area contributed by atoms with Crippen molar-refractivity contribution in [1.82, 2.24) is 5.32 Å². The van der Waals surface area contributed by atoms with Gasteiger partial charge in [0.1, 0.15) is 12.6 Å². The lowest BCUT2D eigenvalue weighted by Gasteiger charge is -2.23. The molecule has 0 radical (unpaired) electrons. The highest BCUT2D eigenvalue weighted by Crippen LogP contribution is 2.29.